The van der Waals surface area contributed by atoms with Gasteiger partial charge in [0.05, 0.1) is 6.20 Å². The molecule has 0 radical (unpaired) electrons. The van der Waals surface area contributed by atoms with E-state index in [2.05, 4.69) is 25.9 Å². The first-order chi connectivity index (χ1) is 7.34. The van der Waals surface area contributed by atoms with Crippen molar-refractivity contribution in [3.05, 3.63) is 17.5 Å². The Morgan fingerprint density at radius 1 is 1.38 bits per heavy atom. The van der Waals surface area contributed by atoms with E-state index in [1.165, 1.54) is 10.9 Å². The molecule has 0 N–H and O–H groups in total. The van der Waals surface area contributed by atoms with E-state index in [-0.39, 0.29) is 12.1 Å². The van der Waals surface area contributed by atoms with E-state index in [1.807, 2.05) is 0 Å². The number of aromatic nitrogens is 2. The van der Waals surface area contributed by atoms with Gasteiger partial charge in [-0.05, 0) is 24.8 Å². The molecule has 0 unspecified atom stereocenters. The highest BCUT2D eigenvalue weighted by Gasteiger charge is 2.39. The summed E-state index contributed by atoms with van der Waals surface area (Å²) in [4.78, 5) is 0. The third kappa shape index (κ3) is 3.03. The van der Waals surface area contributed by atoms with Crippen LogP contribution in [0.25, 0.3) is 0 Å². The average molecular weight is 230 g/mol. The molecule has 0 saturated heterocycles. The van der Waals surface area contributed by atoms with Gasteiger partial charge in [0.1, 0.15) is 5.69 Å². The van der Waals surface area contributed by atoms with Crippen molar-refractivity contribution in [2.24, 2.45) is 5.92 Å². The maximum atomic E-state index is 13.2. The lowest BCUT2D eigenvalue weighted by Crippen LogP contribution is -2.26. The molecule has 0 bridgehead atoms. The van der Waals surface area contributed by atoms with Crippen molar-refractivity contribution in [3.63, 3.8) is 0 Å². The van der Waals surface area contributed by atoms with Crippen LogP contribution in [0.5, 0.6) is 0 Å². The Morgan fingerprint density at radius 2 is 1.94 bits per heavy atom. The molecule has 92 valence electrons. The van der Waals surface area contributed by atoms with Crippen LogP contribution < -0.4 is 0 Å². The lowest BCUT2D eigenvalue weighted by molar-refractivity contribution is -0.0370. The molecule has 0 spiro atoms. The Bertz CT molecular complexity index is 340. The SMILES string of the molecule is CC(C)C.Cc1cnn2c1C(F)(F)CCC2. The summed E-state index contributed by atoms with van der Waals surface area (Å²) >= 11 is 0. The maximum absolute atomic E-state index is 13.2. The van der Waals surface area contributed by atoms with Gasteiger partial charge in [-0.15, -0.1) is 0 Å². The molecule has 0 saturated carbocycles. The van der Waals surface area contributed by atoms with Crippen molar-refractivity contribution in [2.75, 3.05) is 0 Å². The zero-order valence-electron chi connectivity index (χ0n) is 10.4. The van der Waals surface area contributed by atoms with Crippen LogP contribution in [0.15, 0.2) is 6.20 Å². The Kier molecular flexibility index (Phi) is 4.05. The summed E-state index contributed by atoms with van der Waals surface area (Å²) in [6, 6.07) is 0. The predicted molar refractivity (Wildman–Crippen MR) is 60.6 cm³/mol. The van der Waals surface area contributed by atoms with Crippen molar-refractivity contribution in [2.45, 2.75) is 53.0 Å². The molecule has 16 heavy (non-hydrogen) atoms. The number of fused-ring (bicyclic) bond motifs is 1. The van der Waals surface area contributed by atoms with Crippen LogP contribution in [0.4, 0.5) is 8.78 Å². The fourth-order valence-corrected chi connectivity index (χ4v) is 1.69. The summed E-state index contributed by atoms with van der Waals surface area (Å²) in [7, 11) is 0. The molecule has 0 amide bonds. The molecule has 1 aliphatic heterocycles. The topological polar surface area (TPSA) is 17.8 Å². The fraction of sp³-hybridized carbons (Fsp3) is 0.750. The van der Waals surface area contributed by atoms with Gasteiger partial charge in [-0.1, -0.05) is 20.8 Å². The van der Waals surface area contributed by atoms with E-state index in [9.17, 15) is 8.78 Å². The highest BCUT2D eigenvalue weighted by atomic mass is 19.3. The number of alkyl halides is 2. The number of nitrogens with zero attached hydrogens (tertiary/aromatic N) is 2. The van der Waals surface area contributed by atoms with E-state index < -0.39 is 5.92 Å². The first-order valence-corrected chi connectivity index (χ1v) is 5.75. The van der Waals surface area contributed by atoms with Crippen molar-refractivity contribution < 1.29 is 8.78 Å². The van der Waals surface area contributed by atoms with Crippen molar-refractivity contribution in [1.82, 2.24) is 9.78 Å². The van der Waals surface area contributed by atoms with Gasteiger partial charge in [0, 0.05) is 13.0 Å². The fourth-order valence-electron chi connectivity index (χ4n) is 1.69. The highest BCUT2D eigenvalue weighted by molar-refractivity contribution is 5.21. The summed E-state index contributed by atoms with van der Waals surface area (Å²) in [5.74, 6) is -1.83. The normalized spacial score (nSPS) is 17.7. The Labute approximate surface area is 95.7 Å². The van der Waals surface area contributed by atoms with E-state index in [1.54, 1.807) is 6.92 Å². The summed E-state index contributed by atoms with van der Waals surface area (Å²) < 4.78 is 27.9. The second-order valence-electron chi connectivity index (χ2n) is 4.94. The number of aryl methyl sites for hydroxylation is 2. The lowest BCUT2D eigenvalue weighted by Gasteiger charge is -2.23. The molecule has 0 atom stereocenters. The van der Waals surface area contributed by atoms with Crippen molar-refractivity contribution in [1.29, 1.82) is 0 Å². The Hall–Kier alpha value is -0.930. The molecule has 0 aliphatic carbocycles. The van der Waals surface area contributed by atoms with Gasteiger partial charge in [0.25, 0.3) is 5.92 Å². The standard InChI is InChI=1S/C8H10F2N2.C4H10/c1-6-5-11-12-4-2-3-8(9,10)7(6)12;1-4(2)3/h5H,2-4H2,1H3;4H,1-3H3. The van der Waals surface area contributed by atoms with Crippen LogP contribution in [-0.2, 0) is 12.5 Å². The molecule has 4 heteroatoms. The summed E-state index contributed by atoms with van der Waals surface area (Å²) in [6.45, 7) is 8.80. The summed E-state index contributed by atoms with van der Waals surface area (Å²) in [5, 5.41) is 3.89. The van der Waals surface area contributed by atoms with E-state index in [0.717, 1.165) is 5.92 Å². The largest absolute Gasteiger partial charge is 0.289 e. The van der Waals surface area contributed by atoms with Crippen LogP contribution in [0, 0.1) is 12.8 Å². The number of halogens is 2. The summed E-state index contributed by atoms with van der Waals surface area (Å²) in [6.07, 6.45) is 1.98. The highest BCUT2D eigenvalue weighted by Crippen LogP contribution is 2.37. The van der Waals surface area contributed by atoms with Crippen LogP contribution in [0.2, 0.25) is 0 Å². The number of hydrogen-bond acceptors (Lipinski definition) is 1. The molecule has 2 nitrogen and oxygen atoms in total. The predicted octanol–water partition coefficient (Wildman–Crippen LogP) is 3.74. The molecule has 1 aromatic rings. The van der Waals surface area contributed by atoms with Crippen LogP contribution in [-0.4, -0.2) is 9.78 Å². The average Bonchev–Trinajstić information content (AvgIpc) is 2.47. The number of rotatable bonds is 0. The van der Waals surface area contributed by atoms with Crippen molar-refractivity contribution >= 4 is 0 Å². The zero-order valence-corrected chi connectivity index (χ0v) is 10.4. The Balaban J connectivity index is 0.000000280. The van der Waals surface area contributed by atoms with Gasteiger partial charge in [-0.3, -0.25) is 4.68 Å². The van der Waals surface area contributed by atoms with Crippen molar-refractivity contribution in [3.8, 4) is 0 Å². The molecular weight excluding hydrogens is 210 g/mol. The lowest BCUT2D eigenvalue weighted by atomic mass is 10.0. The third-order valence-corrected chi connectivity index (χ3v) is 2.23. The van der Waals surface area contributed by atoms with Gasteiger partial charge < -0.3 is 0 Å². The molecule has 2 heterocycles. The third-order valence-electron chi connectivity index (χ3n) is 2.23. The van der Waals surface area contributed by atoms with Gasteiger partial charge in [-0.25, -0.2) is 0 Å². The monoisotopic (exact) mass is 230 g/mol. The van der Waals surface area contributed by atoms with Gasteiger partial charge in [0.2, 0.25) is 0 Å². The molecule has 2 rings (SSSR count). The second kappa shape index (κ2) is 4.93. The minimum atomic E-state index is -2.67. The van der Waals surface area contributed by atoms with Crippen LogP contribution in [0.1, 0.15) is 44.9 Å². The molecule has 0 aromatic carbocycles. The second-order valence-corrected chi connectivity index (χ2v) is 4.94. The van der Waals surface area contributed by atoms with Crippen LogP contribution in [0.3, 0.4) is 0 Å². The maximum Gasteiger partial charge on any atom is 0.289 e. The smallest absolute Gasteiger partial charge is 0.263 e. The van der Waals surface area contributed by atoms with E-state index in [4.69, 9.17) is 0 Å². The van der Waals surface area contributed by atoms with Gasteiger partial charge in [-0.2, -0.15) is 13.9 Å². The minimum Gasteiger partial charge on any atom is -0.263 e. The first kappa shape index (κ1) is 13.1. The van der Waals surface area contributed by atoms with Gasteiger partial charge >= 0.3 is 0 Å². The van der Waals surface area contributed by atoms with E-state index in [0.29, 0.717) is 18.5 Å². The molecule has 1 aromatic heterocycles. The van der Waals surface area contributed by atoms with E-state index >= 15 is 0 Å². The zero-order chi connectivity index (χ0) is 12.3. The first-order valence-electron chi connectivity index (χ1n) is 5.75. The van der Waals surface area contributed by atoms with Gasteiger partial charge in [0.15, 0.2) is 0 Å². The summed E-state index contributed by atoms with van der Waals surface area (Å²) in [5.41, 5.74) is 0.702. The quantitative estimate of drug-likeness (QED) is 0.664. The molecule has 1 aliphatic rings. The minimum absolute atomic E-state index is 0.0421. The number of hydrogen-bond donors (Lipinski definition) is 0. The Morgan fingerprint density at radius 3 is 2.44 bits per heavy atom. The van der Waals surface area contributed by atoms with Crippen LogP contribution >= 0.6 is 0 Å². The molecule has 0 fully saturated rings. The molecular formula is C12H20F2N2.